The number of hydrogen-bond donors (Lipinski definition) is 1. The molecule has 0 spiro atoms. The van der Waals surface area contributed by atoms with Crippen LogP contribution in [0.3, 0.4) is 0 Å². The number of halogens is 2. The molecule has 3 rings (SSSR count). The van der Waals surface area contributed by atoms with Gasteiger partial charge in [-0.1, -0.05) is 11.6 Å². The summed E-state index contributed by atoms with van der Waals surface area (Å²) < 4.78 is 11.3. The van der Waals surface area contributed by atoms with E-state index >= 15 is 0 Å². The quantitative estimate of drug-likeness (QED) is 0.650. The van der Waals surface area contributed by atoms with Crippen LogP contribution in [0.15, 0.2) is 50.8 Å². The number of carbonyl (C=O) groups excluding carboxylic acids is 2. The van der Waals surface area contributed by atoms with E-state index in [1.54, 1.807) is 49.6 Å². The number of methoxy groups -OCH3 is 2. The van der Waals surface area contributed by atoms with Crippen LogP contribution in [0.4, 0.5) is 0 Å². The van der Waals surface area contributed by atoms with E-state index in [2.05, 4.69) is 26.2 Å². The Morgan fingerprint density at radius 2 is 1.86 bits per heavy atom. The molecule has 28 heavy (non-hydrogen) atoms. The lowest BCUT2D eigenvalue weighted by Crippen LogP contribution is -2.20. The smallest absolute Gasteiger partial charge is 0.279 e. The second-order valence-electron chi connectivity index (χ2n) is 5.52. The van der Waals surface area contributed by atoms with Crippen LogP contribution < -0.4 is 14.8 Å². The van der Waals surface area contributed by atoms with E-state index in [4.69, 9.17) is 21.1 Å². The first kappa shape index (κ1) is 20.4. The van der Waals surface area contributed by atoms with Crippen molar-refractivity contribution in [2.75, 3.05) is 14.2 Å². The standard InChI is InChI=1S/C19H14BrClN2O4S/c1-26-14-9-15(27-2)13(20)7-11(14)8-16-18(25)23-19(28-16)22-17(24)10-3-5-12(21)6-4-10/h3-9H,1-2H3,(H,22,23,24,25)/b16-8-. The lowest BCUT2D eigenvalue weighted by molar-refractivity contribution is -0.115. The second-order valence-corrected chi connectivity index (χ2v) is 7.84. The number of nitrogens with zero attached hydrogens (tertiary/aromatic N) is 1. The normalized spacial score (nSPS) is 16.4. The number of ether oxygens (including phenoxy) is 2. The summed E-state index contributed by atoms with van der Waals surface area (Å²) in [6, 6.07) is 9.86. The van der Waals surface area contributed by atoms with Crippen molar-refractivity contribution in [3.63, 3.8) is 0 Å². The van der Waals surface area contributed by atoms with Gasteiger partial charge >= 0.3 is 0 Å². The molecule has 0 aliphatic carbocycles. The van der Waals surface area contributed by atoms with Gasteiger partial charge in [-0.15, -0.1) is 0 Å². The molecule has 144 valence electrons. The summed E-state index contributed by atoms with van der Waals surface area (Å²) in [4.78, 5) is 28.9. The molecule has 1 N–H and O–H groups in total. The highest BCUT2D eigenvalue weighted by molar-refractivity contribution is 9.10. The Hall–Kier alpha value is -2.29. The zero-order valence-electron chi connectivity index (χ0n) is 14.8. The molecule has 2 amide bonds. The third kappa shape index (κ3) is 4.57. The van der Waals surface area contributed by atoms with Gasteiger partial charge in [0.2, 0.25) is 0 Å². The number of benzene rings is 2. The molecular weight excluding hydrogens is 468 g/mol. The van der Waals surface area contributed by atoms with Gasteiger partial charge in [0.05, 0.1) is 23.6 Å². The van der Waals surface area contributed by atoms with Crippen LogP contribution in [0, 0.1) is 0 Å². The van der Waals surface area contributed by atoms with Gasteiger partial charge in [0, 0.05) is 22.2 Å². The van der Waals surface area contributed by atoms with Crippen LogP contribution in [0.1, 0.15) is 15.9 Å². The molecule has 1 saturated heterocycles. The molecule has 0 saturated carbocycles. The summed E-state index contributed by atoms with van der Waals surface area (Å²) in [5, 5.41) is 3.33. The Kier molecular flexibility index (Phi) is 6.43. The number of carbonyl (C=O) groups is 2. The minimum Gasteiger partial charge on any atom is -0.496 e. The Balaban J connectivity index is 1.85. The fourth-order valence-corrected chi connectivity index (χ4v) is 3.83. The van der Waals surface area contributed by atoms with Gasteiger partial charge in [0.1, 0.15) is 11.5 Å². The first-order chi connectivity index (χ1) is 13.4. The molecule has 1 fully saturated rings. The average Bonchev–Trinajstić information content (AvgIpc) is 3.01. The highest BCUT2D eigenvalue weighted by Gasteiger charge is 2.25. The first-order valence-corrected chi connectivity index (χ1v) is 9.91. The number of amidine groups is 1. The van der Waals surface area contributed by atoms with E-state index in [1.807, 2.05) is 0 Å². The highest BCUT2D eigenvalue weighted by Crippen LogP contribution is 2.36. The molecular formula is C19H14BrClN2O4S. The summed E-state index contributed by atoms with van der Waals surface area (Å²) >= 11 is 10.3. The maximum absolute atomic E-state index is 12.3. The largest absolute Gasteiger partial charge is 0.496 e. The summed E-state index contributed by atoms with van der Waals surface area (Å²) in [6.07, 6.45) is 1.66. The van der Waals surface area contributed by atoms with E-state index in [0.29, 0.717) is 32.6 Å². The predicted octanol–water partition coefficient (Wildman–Crippen LogP) is 4.52. The Bertz CT molecular complexity index is 1010. The van der Waals surface area contributed by atoms with Crippen LogP contribution in [-0.4, -0.2) is 31.2 Å². The zero-order valence-corrected chi connectivity index (χ0v) is 17.9. The van der Waals surface area contributed by atoms with E-state index in [-0.39, 0.29) is 11.1 Å². The molecule has 0 radical (unpaired) electrons. The van der Waals surface area contributed by atoms with Crippen molar-refractivity contribution in [1.29, 1.82) is 0 Å². The van der Waals surface area contributed by atoms with Crippen molar-refractivity contribution in [2.45, 2.75) is 0 Å². The number of amides is 2. The fraction of sp³-hybridized carbons (Fsp3) is 0.105. The number of hydrogen-bond acceptors (Lipinski definition) is 5. The van der Waals surface area contributed by atoms with E-state index in [1.165, 1.54) is 7.11 Å². The van der Waals surface area contributed by atoms with Crippen LogP contribution in [-0.2, 0) is 4.79 Å². The predicted molar refractivity (Wildman–Crippen MR) is 114 cm³/mol. The van der Waals surface area contributed by atoms with Gasteiger partial charge in [0.25, 0.3) is 11.8 Å². The first-order valence-electron chi connectivity index (χ1n) is 7.92. The number of rotatable bonds is 4. The molecule has 1 aliphatic heterocycles. The van der Waals surface area contributed by atoms with Crippen molar-refractivity contribution >= 4 is 62.4 Å². The third-order valence-electron chi connectivity index (χ3n) is 3.74. The number of nitrogens with one attached hydrogen (secondary N) is 1. The molecule has 9 heteroatoms. The molecule has 2 aromatic rings. The minimum atomic E-state index is -0.467. The van der Waals surface area contributed by atoms with Crippen LogP contribution in [0.5, 0.6) is 11.5 Å². The van der Waals surface area contributed by atoms with Crippen molar-refractivity contribution in [1.82, 2.24) is 5.32 Å². The van der Waals surface area contributed by atoms with Gasteiger partial charge in [0.15, 0.2) is 5.17 Å². The van der Waals surface area contributed by atoms with Gasteiger partial charge < -0.3 is 14.8 Å². The summed E-state index contributed by atoms with van der Waals surface area (Å²) in [5.74, 6) is 0.342. The Morgan fingerprint density at radius 1 is 1.18 bits per heavy atom. The molecule has 6 nitrogen and oxygen atoms in total. The zero-order chi connectivity index (χ0) is 20.3. The SMILES string of the molecule is COc1cc(OC)c(/C=C2\SC(=NC(=O)c3ccc(Cl)cc3)NC2=O)cc1Br. The summed E-state index contributed by atoms with van der Waals surface area (Å²) in [5.41, 5.74) is 1.06. The summed E-state index contributed by atoms with van der Waals surface area (Å²) in [7, 11) is 3.09. The van der Waals surface area contributed by atoms with Gasteiger partial charge in [-0.2, -0.15) is 4.99 Å². The lowest BCUT2D eigenvalue weighted by Gasteiger charge is -2.10. The highest BCUT2D eigenvalue weighted by atomic mass is 79.9. The molecule has 1 heterocycles. The number of thioether (sulfide) groups is 1. The Morgan fingerprint density at radius 3 is 2.50 bits per heavy atom. The number of aliphatic imine (C=N–C) groups is 1. The maximum atomic E-state index is 12.3. The van der Waals surface area contributed by atoms with Crippen LogP contribution in [0.25, 0.3) is 6.08 Å². The molecule has 1 aliphatic rings. The van der Waals surface area contributed by atoms with Crippen LogP contribution >= 0.6 is 39.3 Å². The van der Waals surface area contributed by atoms with Gasteiger partial charge in [-0.3, -0.25) is 9.59 Å². The Labute approximate surface area is 179 Å². The van der Waals surface area contributed by atoms with Crippen molar-refractivity contribution < 1.29 is 19.1 Å². The lowest BCUT2D eigenvalue weighted by atomic mass is 10.1. The van der Waals surface area contributed by atoms with Crippen molar-refractivity contribution in [3.05, 3.63) is 61.9 Å². The topological polar surface area (TPSA) is 77.0 Å². The van der Waals surface area contributed by atoms with E-state index in [0.717, 1.165) is 16.2 Å². The molecule has 2 aromatic carbocycles. The molecule has 0 bridgehead atoms. The van der Waals surface area contributed by atoms with E-state index in [9.17, 15) is 9.59 Å². The molecule has 0 atom stereocenters. The average molecular weight is 482 g/mol. The maximum Gasteiger partial charge on any atom is 0.279 e. The van der Waals surface area contributed by atoms with Gasteiger partial charge in [-0.25, -0.2) is 0 Å². The molecule has 0 unspecified atom stereocenters. The monoisotopic (exact) mass is 480 g/mol. The summed E-state index contributed by atoms with van der Waals surface area (Å²) in [6.45, 7) is 0. The van der Waals surface area contributed by atoms with Gasteiger partial charge in [-0.05, 0) is 64.1 Å². The van der Waals surface area contributed by atoms with Crippen molar-refractivity contribution in [3.8, 4) is 11.5 Å². The fourth-order valence-electron chi connectivity index (χ4n) is 2.37. The van der Waals surface area contributed by atoms with Crippen molar-refractivity contribution in [2.24, 2.45) is 4.99 Å². The minimum absolute atomic E-state index is 0.211. The second kappa shape index (κ2) is 8.81. The van der Waals surface area contributed by atoms with E-state index < -0.39 is 5.91 Å². The molecule has 0 aromatic heterocycles. The third-order valence-corrected chi connectivity index (χ3v) is 5.52. The van der Waals surface area contributed by atoms with Crippen LogP contribution in [0.2, 0.25) is 5.02 Å².